The fraction of sp³-hybridized carbons (Fsp3) is 0.400. The Labute approximate surface area is 72.9 Å². The highest BCUT2D eigenvalue weighted by Crippen LogP contribution is 2.13. The number of aromatic nitrogens is 1. The molecule has 2 heteroatoms. The third-order valence-electron chi connectivity index (χ3n) is 1.77. The van der Waals surface area contributed by atoms with Crippen molar-refractivity contribution in [2.24, 2.45) is 0 Å². The minimum Gasteiger partial charge on any atom is -0.260 e. The highest BCUT2D eigenvalue weighted by molar-refractivity contribution is 5.21. The lowest BCUT2D eigenvalue weighted by Crippen LogP contribution is -1.92. The van der Waals surface area contributed by atoms with Gasteiger partial charge in [-0.3, -0.25) is 4.98 Å². The molecule has 0 saturated heterocycles. The van der Waals surface area contributed by atoms with Gasteiger partial charge in [-0.05, 0) is 23.6 Å². The van der Waals surface area contributed by atoms with E-state index in [0.29, 0.717) is 12.3 Å². The van der Waals surface area contributed by atoms with Crippen LogP contribution in [0.3, 0.4) is 0 Å². The third kappa shape index (κ3) is 2.06. The average Bonchev–Trinajstić information content (AvgIpc) is 2.05. The fourth-order valence-corrected chi connectivity index (χ4v) is 1.03. The molecule has 0 aliphatic carbocycles. The summed E-state index contributed by atoms with van der Waals surface area (Å²) in [6, 6.07) is 6.07. The maximum Gasteiger partial charge on any atom is 0.0774 e. The molecule has 0 aromatic carbocycles. The number of hydrogen-bond donors (Lipinski definition) is 0. The van der Waals surface area contributed by atoms with Crippen LogP contribution in [0, 0.1) is 11.3 Å². The second kappa shape index (κ2) is 3.87. The Morgan fingerprint density at radius 2 is 2.33 bits per heavy atom. The highest BCUT2D eigenvalue weighted by Gasteiger charge is 2.00. The van der Waals surface area contributed by atoms with Crippen molar-refractivity contribution < 1.29 is 0 Å². The van der Waals surface area contributed by atoms with Crippen molar-refractivity contribution in [3.05, 3.63) is 29.6 Å². The first kappa shape index (κ1) is 8.73. The predicted molar refractivity (Wildman–Crippen MR) is 47.6 cm³/mol. The zero-order chi connectivity index (χ0) is 8.97. The summed E-state index contributed by atoms with van der Waals surface area (Å²) in [4.78, 5) is 4.09. The SMILES string of the molecule is CC(C)c1ccnc(CC#N)c1. The Hall–Kier alpha value is -1.36. The quantitative estimate of drug-likeness (QED) is 0.665. The van der Waals surface area contributed by atoms with Gasteiger partial charge in [0.15, 0.2) is 0 Å². The molecule has 0 unspecified atom stereocenters. The third-order valence-corrected chi connectivity index (χ3v) is 1.77. The van der Waals surface area contributed by atoms with Gasteiger partial charge in [0.1, 0.15) is 0 Å². The lowest BCUT2D eigenvalue weighted by molar-refractivity contribution is 0.857. The molecule has 1 aromatic rings. The van der Waals surface area contributed by atoms with Crippen molar-refractivity contribution in [3.63, 3.8) is 0 Å². The van der Waals surface area contributed by atoms with E-state index in [0.717, 1.165) is 5.69 Å². The summed E-state index contributed by atoms with van der Waals surface area (Å²) in [5.74, 6) is 0.505. The van der Waals surface area contributed by atoms with Crippen molar-refractivity contribution in [2.45, 2.75) is 26.2 Å². The van der Waals surface area contributed by atoms with Gasteiger partial charge in [0.05, 0.1) is 18.2 Å². The van der Waals surface area contributed by atoms with E-state index in [1.54, 1.807) is 6.20 Å². The van der Waals surface area contributed by atoms with E-state index >= 15 is 0 Å². The van der Waals surface area contributed by atoms with Gasteiger partial charge in [0.25, 0.3) is 0 Å². The van der Waals surface area contributed by atoms with Crippen LogP contribution in [0.25, 0.3) is 0 Å². The fourth-order valence-electron chi connectivity index (χ4n) is 1.03. The number of nitrogens with zero attached hydrogens (tertiary/aromatic N) is 2. The van der Waals surface area contributed by atoms with Gasteiger partial charge in [0, 0.05) is 6.20 Å². The Kier molecular flexibility index (Phi) is 2.82. The normalized spacial score (nSPS) is 9.83. The molecule has 0 atom stereocenters. The van der Waals surface area contributed by atoms with Gasteiger partial charge in [-0.1, -0.05) is 13.8 Å². The van der Waals surface area contributed by atoms with Crippen LogP contribution in [0.15, 0.2) is 18.3 Å². The zero-order valence-corrected chi connectivity index (χ0v) is 7.41. The van der Waals surface area contributed by atoms with Crippen LogP contribution in [0.2, 0.25) is 0 Å². The maximum absolute atomic E-state index is 8.46. The molecule has 2 nitrogen and oxygen atoms in total. The van der Waals surface area contributed by atoms with Crippen LogP contribution < -0.4 is 0 Å². The van der Waals surface area contributed by atoms with E-state index in [-0.39, 0.29) is 0 Å². The molecule has 1 aromatic heterocycles. The van der Waals surface area contributed by atoms with Crippen LogP contribution in [-0.4, -0.2) is 4.98 Å². The Morgan fingerprint density at radius 1 is 1.58 bits per heavy atom. The van der Waals surface area contributed by atoms with Crippen LogP contribution >= 0.6 is 0 Å². The lowest BCUT2D eigenvalue weighted by atomic mass is 10.0. The van der Waals surface area contributed by atoms with Crippen molar-refractivity contribution in [1.29, 1.82) is 5.26 Å². The molecule has 0 amide bonds. The van der Waals surface area contributed by atoms with Crippen LogP contribution in [0.1, 0.15) is 31.0 Å². The summed E-state index contributed by atoms with van der Waals surface area (Å²) in [7, 11) is 0. The van der Waals surface area contributed by atoms with E-state index in [1.165, 1.54) is 5.56 Å². The van der Waals surface area contributed by atoms with Crippen LogP contribution in [-0.2, 0) is 6.42 Å². The first-order valence-corrected chi connectivity index (χ1v) is 4.06. The second-order valence-corrected chi connectivity index (χ2v) is 3.07. The van der Waals surface area contributed by atoms with Gasteiger partial charge < -0.3 is 0 Å². The molecule has 0 N–H and O–H groups in total. The molecule has 12 heavy (non-hydrogen) atoms. The Bertz CT molecular complexity index is 297. The molecule has 0 aliphatic heterocycles. The van der Waals surface area contributed by atoms with Crippen molar-refractivity contribution >= 4 is 0 Å². The van der Waals surface area contributed by atoms with Crippen molar-refractivity contribution in [3.8, 4) is 6.07 Å². The lowest BCUT2D eigenvalue weighted by Gasteiger charge is -2.04. The topological polar surface area (TPSA) is 36.7 Å². The molecule has 1 rings (SSSR count). The maximum atomic E-state index is 8.46. The molecule has 0 saturated carbocycles. The first-order valence-electron chi connectivity index (χ1n) is 4.06. The molecule has 0 fully saturated rings. The molecule has 0 spiro atoms. The van der Waals surface area contributed by atoms with E-state index in [1.807, 2.05) is 12.1 Å². The summed E-state index contributed by atoms with van der Waals surface area (Å²) in [5, 5.41) is 8.46. The Morgan fingerprint density at radius 3 is 2.92 bits per heavy atom. The zero-order valence-electron chi connectivity index (χ0n) is 7.41. The minimum atomic E-state index is 0.403. The standard InChI is InChI=1S/C10H12N2/c1-8(2)9-4-6-12-10(7-9)3-5-11/h4,6-8H,3H2,1-2H3. The monoisotopic (exact) mass is 160 g/mol. The second-order valence-electron chi connectivity index (χ2n) is 3.07. The van der Waals surface area contributed by atoms with E-state index < -0.39 is 0 Å². The van der Waals surface area contributed by atoms with Gasteiger partial charge in [-0.2, -0.15) is 5.26 Å². The highest BCUT2D eigenvalue weighted by atomic mass is 14.7. The molecule has 0 bridgehead atoms. The summed E-state index contributed by atoms with van der Waals surface area (Å²) >= 11 is 0. The molecular weight excluding hydrogens is 148 g/mol. The summed E-state index contributed by atoms with van der Waals surface area (Å²) in [6.07, 6.45) is 2.17. The van der Waals surface area contributed by atoms with E-state index in [4.69, 9.17) is 5.26 Å². The summed E-state index contributed by atoms with van der Waals surface area (Å²) < 4.78 is 0. The minimum absolute atomic E-state index is 0.403. The van der Waals surface area contributed by atoms with Crippen LogP contribution in [0.4, 0.5) is 0 Å². The van der Waals surface area contributed by atoms with E-state index in [2.05, 4.69) is 24.9 Å². The largest absolute Gasteiger partial charge is 0.260 e. The molecular formula is C10H12N2. The van der Waals surface area contributed by atoms with Gasteiger partial charge in [-0.25, -0.2) is 0 Å². The van der Waals surface area contributed by atoms with E-state index in [9.17, 15) is 0 Å². The van der Waals surface area contributed by atoms with Gasteiger partial charge in [0.2, 0.25) is 0 Å². The smallest absolute Gasteiger partial charge is 0.0774 e. The van der Waals surface area contributed by atoms with Gasteiger partial charge >= 0.3 is 0 Å². The van der Waals surface area contributed by atoms with Gasteiger partial charge in [-0.15, -0.1) is 0 Å². The van der Waals surface area contributed by atoms with Crippen LogP contribution in [0.5, 0.6) is 0 Å². The molecule has 1 heterocycles. The molecule has 62 valence electrons. The summed E-state index contributed by atoms with van der Waals surface area (Å²) in [6.45, 7) is 4.26. The number of nitriles is 1. The van der Waals surface area contributed by atoms with Crippen molar-refractivity contribution in [2.75, 3.05) is 0 Å². The molecule has 0 radical (unpaired) electrons. The number of hydrogen-bond acceptors (Lipinski definition) is 2. The average molecular weight is 160 g/mol. The number of rotatable bonds is 2. The number of pyridine rings is 1. The van der Waals surface area contributed by atoms with Crippen molar-refractivity contribution in [1.82, 2.24) is 4.98 Å². The predicted octanol–water partition coefficient (Wildman–Crippen LogP) is 2.27. The Balaban J connectivity index is 2.90. The molecule has 0 aliphatic rings. The summed E-state index contributed by atoms with van der Waals surface area (Å²) in [5.41, 5.74) is 2.11. The first-order chi connectivity index (χ1) is 5.74.